The molecule has 3 nitrogen and oxygen atoms in total. The van der Waals surface area contributed by atoms with E-state index in [9.17, 15) is 13.6 Å². The third-order valence-electron chi connectivity index (χ3n) is 7.55. The first-order valence-electron chi connectivity index (χ1n) is 16.0. The van der Waals surface area contributed by atoms with Gasteiger partial charge in [-0.3, -0.25) is 4.79 Å². The first-order valence-corrected chi connectivity index (χ1v) is 16.0. The van der Waals surface area contributed by atoms with Gasteiger partial charge in [0.25, 0.3) is 0 Å². The van der Waals surface area contributed by atoms with E-state index in [2.05, 4.69) is 37.7 Å². The summed E-state index contributed by atoms with van der Waals surface area (Å²) in [6, 6.07) is 0.341. The summed E-state index contributed by atoms with van der Waals surface area (Å²) in [4.78, 5) is 17.8. The molecular weight excluding hydrogens is 466 g/mol. The van der Waals surface area contributed by atoms with E-state index in [4.69, 9.17) is 0 Å². The van der Waals surface area contributed by atoms with E-state index in [1.807, 2.05) is 0 Å². The Bertz CT molecular complexity index is 508. The molecule has 222 valence electrons. The number of alkyl halides is 2. The minimum absolute atomic E-state index is 0.0288. The lowest BCUT2D eigenvalue weighted by atomic mass is 9.97. The van der Waals surface area contributed by atoms with E-state index in [0.29, 0.717) is 24.8 Å². The van der Waals surface area contributed by atoms with Gasteiger partial charge in [0.1, 0.15) is 0 Å². The van der Waals surface area contributed by atoms with Gasteiger partial charge in [0.2, 0.25) is 11.8 Å². The Hall–Kier alpha value is -0.710. The van der Waals surface area contributed by atoms with Crippen molar-refractivity contribution >= 4 is 5.91 Å². The number of unbranched alkanes of at least 4 members (excludes halogenated alkanes) is 14. The lowest BCUT2D eigenvalue weighted by Crippen LogP contribution is -2.41. The average molecular weight is 531 g/mol. The number of hydrogen-bond donors (Lipinski definition) is 0. The summed E-state index contributed by atoms with van der Waals surface area (Å²) < 4.78 is 26.3. The standard InChI is InChI=1S/C32H64F2N2O/c1-6-8-10-12-13-14-16-20-25-30(24-19-15-11-9-7-2)36(31(37)26-23-28-35(4)5)29-22-18-17-21-27-32(3,33)34/h30H,6-29H2,1-5H3. The zero-order chi connectivity index (χ0) is 27.8. The Labute approximate surface area is 230 Å². The van der Waals surface area contributed by atoms with Crippen LogP contribution in [0, 0.1) is 0 Å². The normalized spacial score (nSPS) is 12.9. The van der Waals surface area contributed by atoms with E-state index >= 15 is 0 Å². The highest BCUT2D eigenvalue weighted by molar-refractivity contribution is 5.76. The number of nitrogens with zero attached hydrogens (tertiary/aromatic N) is 2. The summed E-state index contributed by atoms with van der Waals surface area (Å²) in [5.41, 5.74) is 0. The maximum Gasteiger partial charge on any atom is 0.245 e. The number of halogens is 2. The van der Waals surface area contributed by atoms with Crippen molar-refractivity contribution in [2.45, 2.75) is 174 Å². The van der Waals surface area contributed by atoms with Crippen molar-refractivity contribution in [1.29, 1.82) is 0 Å². The van der Waals surface area contributed by atoms with Crippen LogP contribution in [0.3, 0.4) is 0 Å². The Morgan fingerprint density at radius 2 is 1.11 bits per heavy atom. The van der Waals surface area contributed by atoms with Crippen LogP contribution in [-0.2, 0) is 4.79 Å². The smallest absolute Gasteiger partial charge is 0.245 e. The van der Waals surface area contributed by atoms with E-state index in [0.717, 1.165) is 58.5 Å². The van der Waals surface area contributed by atoms with Crippen LogP contribution in [-0.4, -0.2) is 54.9 Å². The molecule has 0 saturated heterocycles. The number of carbonyl (C=O) groups excluding carboxylic acids is 1. The lowest BCUT2D eigenvalue weighted by Gasteiger charge is -2.33. The first-order chi connectivity index (χ1) is 17.7. The summed E-state index contributed by atoms with van der Waals surface area (Å²) in [7, 11) is 4.12. The van der Waals surface area contributed by atoms with E-state index in [-0.39, 0.29) is 6.42 Å². The molecule has 0 aliphatic rings. The van der Waals surface area contributed by atoms with Crippen LogP contribution in [0.2, 0.25) is 0 Å². The second-order valence-corrected chi connectivity index (χ2v) is 11.8. The highest BCUT2D eigenvalue weighted by Crippen LogP contribution is 2.23. The predicted octanol–water partition coefficient (Wildman–Crippen LogP) is 10.0. The topological polar surface area (TPSA) is 23.6 Å². The summed E-state index contributed by atoms with van der Waals surface area (Å²) >= 11 is 0. The fourth-order valence-corrected chi connectivity index (χ4v) is 5.23. The lowest BCUT2D eigenvalue weighted by molar-refractivity contribution is -0.134. The van der Waals surface area contributed by atoms with Crippen LogP contribution in [0.15, 0.2) is 0 Å². The fourth-order valence-electron chi connectivity index (χ4n) is 5.23. The van der Waals surface area contributed by atoms with E-state index < -0.39 is 5.92 Å². The van der Waals surface area contributed by atoms with Gasteiger partial charge in [0.15, 0.2) is 0 Å². The molecule has 37 heavy (non-hydrogen) atoms. The molecule has 1 unspecified atom stereocenters. The van der Waals surface area contributed by atoms with Gasteiger partial charge in [-0.15, -0.1) is 0 Å². The highest BCUT2D eigenvalue weighted by Gasteiger charge is 2.23. The molecule has 0 aromatic rings. The van der Waals surface area contributed by atoms with Crippen LogP contribution >= 0.6 is 0 Å². The number of carbonyl (C=O) groups is 1. The van der Waals surface area contributed by atoms with Gasteiger partial charge in [-0.25, -0.2) is 8.78 Å². The maximum atomic E-state index is 13.4. The molecule has 0 heterocycles. The molecule has 0 aliphatic carbocycles. The molecular formula is C32H64F2N2O. The van der Waals surface area contributed by atoms with Crippen molar-refractivity contribution in [3.05, 3.63) is 0 Å². The molecule has 0 fully saturated rings. The molecule has 0 N–H and O–H groups in total. The third-order valence-corrected chi connectivity index (χ3v) is 7.55. The molecule has 0 rings (SSSR count). The third kappa shape index (κ3) is 24.1. The summed E-state index contributed by atoms with van der Waals surface area (Å²) in [6.07, 6.45) is 23.8. The average Bonchev–Trinajstić information content (AvgIpc) is 2.83. The van der Waals surface area contributed by atoms with Crippen LogP contribution in [0.4, 0.5) is 8.78 Å². The van der Waals surface area contributed by atoms with Crippen molar-refractivity contribution in [2.24, 2.45) is 0 Å². The number of rotatable bonds is 27. The van der Waals surface area contributed by atoms with Gasteiger partial charge in [-0.1, -0.05) is 110 Å². The molecule has 0 saturated carbocycles. The Kier molecular flexibility index (Phi) is 23.9. The van der Waals surface area contributed by atoms with Crippen molar-refractivity contribution in [3.63, 3.8) is 0 Å². The SMILES string of the molecule is CCCCCCCCCCC(CCCCCCC)N(CCCCCCC(C)(F)F)C(=O)CCCN(C)C. The second-order valence-electron chi connectivity index (χ2n) is 11.8. The van der Waals surface area contributed by atoms with E-state index in [1.54, 1.807) is 0 Å². The van der Waals surface area contributed by atoms with Crippen LogP contribution in [0.1, 0.15) is 162 Å². The van der Waals surface area contributed by atoms with Gasteiger partial charge >= 0.3 is 0 Å². The minimum atomic E-state index is -2.56. The quantitative estimate of drug-likeness (QED) is 0.0986. The van der Waals surface area contributed by atoms with Crippen LogP contribution in [0.25, 0.3) is 0 Å². The molecule has 0 aliphatic heterocycles. The molecule has 0 spiro atoms. The maximum absolute atomic E-state index is 13.4. The molecule has 0 radical (unpaired) electrons. The van der Waals surface area contributed by atoms with Gasteiger partial charge in [0, 0.05) is 25.4 Å². The molecule has 0 bridgehead atoms. The molecule has 0 aromatic carbocycles. The second kappa shape index (κ2) is 24.3. The molecule has 1 atom stereocenters. The van der Waals surface area contributed by atoms with E-state index in [1.165, 1.54) is 83.5 Å². The van der Waals surface area contributed by atoms with Crippen LogP contribution in [0.5, 0.6) is 0 Å². The fraction of sp³-hybridized carbons (Fsp3) is 0.969. The van der Waals surface area contributed by atoms with Crippen molar-refractivity contribution < 1.29 is 13.6 Å². The largest absolute Gasteiger partial charge is 0.340 e. The Morgan fingerprint density at radius 1 is 0.649 bits per heavy atom. The minimum Gasteiger partial charge on any atom is -0.340 e. The van der Waals surface area contributed by atoms with Crippen molar-refractivity contribution in [1.82, 2.24) is 9.80 Å². The zero-order valence-corrected chi connectivity index (χ0v) is 25.6. The number of hydrogen-bond acceptors (Lipinski definition) is 2. The van der Waals surface area contributed by atoms with Crippen molar-refractivity contribution in [3.8, 4) is 0 Å². The number of amides is 1. The summed E-state index contributed by atoms with van der Waals surface area (Å²) in [6.45, 7) is 7.25. The molecule has 1 amide bonds. The summed E-state index contributed by atoms with van der Waals surface area (Å²) in [5, 5.41) is 0. The van der Waals surface area contributed by atoms with Gasteiger partial charge in [0.05, 0.1) is 0 Å². The zero-order valence-electron chi connectivity index (χ0n) is 25.6. The van der Waals surface area contributed by atoms with Gasteiger partial charge in [-0.05, 0) is 59.7 Å². The monoisotopic (exact) mass is 530 g/mol. The first kappa shape index (κ1) is 36.3. The Morgan fingerprint density at radius 3 is 1.59 bits per heavy atom. The van der Waals surface area contributed by atoms with Gasteiger partial charge in [-0.2, -0.15) is 0 Å². The highest BCUT2D eigenvalue weighted by atomic mass is 19.3. The predicted molar refractivity (Wildman–Crippen MR) is 158 cm³/mol. The van der Waals surface area contributed by atoms with Gasteiger partial charge < -0.3 is 9.80 Å². The summed E-state index contributed by atoms with van der Waals surface area (Å²) in [5.74, 6) is -2.26. The molecule has 5 heteroatoms. The Balaban J connectivity index is 4.93. The van der Waals surface area contributed by atoms with Crippen LogP contribution < -0.4 is 0 Å². The van der Waals surface area contributed by atoms with Crippen molar-refractivity contribution in [2.75, 3.05) is 27.2 Å². The molecule has 0 aromatic heterocycles.